The first-order valence-electron chi connectivity index (χ1n) is 28.6. The summed E-state index contributed by atoms with van der Waals surface area (Å²) in [7, 11) is 4.50. The minimum absolute atomic E-state index is 0.0146. The zero-order chi connectivity index (χ0) is 62.2. The van der Waals surface area contributed by atoms with E-state index in [2.05, 4.69) is 21.3 Å². The number of benzene rings is 2. The summed E-state index contributed by atoms with van der Waals surface area (Å²) in [4.78, 5) is 98.8. The third-order valence-electron chi connectivity index (χ3n) is 15.6. The van der Waals surface area contributed by atoms with Crippen molar-refractivity contribution in [2.24, 2.45) is 23.5 Å². The molecule has 464 valence electrons. The van der Waals surface area contributed by atoms with Gasteiger partial charge in [0.25, 0.3) is 0 Å². The highest BCUT2D eigenvalue weighted by Crippen LogP contribution is 2.50. The average Bonchev–Trinajstić information content (AvgIpc) is 1.69. The third-order valence-corrected chi connectivity index (χ3v) is 16.3. The summed E-state index contributed by atoms with van der Waals surface area (Å²) < 4.78 is 40.7. The predicted molar refractivity (Wildman–Crippen MR) is 324 cm³/mol. The van der Waals surface area contributed by atoms with Crippen molar-refractivity contribution in [1.29, 1.82) is 0 Å². The molecule has 2 fully saturated rings. The minimum atomic E-state index is -1.63. The fourth-order valence-electron chi connectivity index (χ4n) is 10.6. The highest BCUT2D eigenvalue weighted by molar-refractivity contribution is 7.80. The maximum Gasteiger partial charge on any atom is 0.412 e. The van der Waals surface area contributed by atoms with Crippen LogP contribution < -0.4 is 36.6 Å². The summed E-state index contributed by atoms with van der Waals surface area (Å²) in [6, 6.07) is 10.3. The van der Waals surface area contributed by atoms with Crippen molar-refractivity contribution in [3.63, 3.8) is 0 Å². The SMILES string of the molecule is COc1cc2cc(c1Cl)N(C)C(=O)C[C@H](OC(=O)Nc1ccc3nc(CC(=O)[C@H](CCCNC(N)=O)NC(=O)[C@@H](CC(=S)NCCOCCOCCC(C)=O)C(C)C)ccc3c1)[C@]1(C)O[C@H]1[C@H](C)[C@@H]1C[C@@](O)(CC(=O)O1)[C@H](OC)/C=C/C=C(\C)C2. The van der Waals surface area contributed by atoms with Crippen molar-refractivity contribution >= 4 is 92.6 Å². The molecule has 7 N–H and O–H groups in total. The number of allylic oxidation sites excluding steroid dienone is 3. The van der Waals surface area contributed by atoms with Gasteiger partial charge >= 0.3 is 18.1 Å². The van der Waals surface area contributed by atoms with E-state index < -0.39 is 77.5 Å². The van der Waals surface area contributed by atoms with E-state index in [4.69, 9.17) is 67.7 Å². The highest BCUT2D eigenvalue weighted by atomic mass is 35.5. The molecule has 2 saturated heterocycles. The van der Waals surface area contributed by atoms with Crippen LogP contribution in [0.5, 0.6) is 5.75 Å². The molecule has 0 spiro atoms. The van der Waals surface area contributed by atoms with Gasteiger partial charge in [-0.05, 0) is 87.9 Å². The van der Waals surface area contributed by atoms with Crippen molar-refractivity contribution in [1.82, 2.24) is 20.9 Å². The number of halogens is 1. The highest BCUT2D eigenvalue weighted by Gasteiger charge is 2.64. The Morgan fingerprint density at radius 1 is 1.01 bits per heavy atom. The number of Topliss-reactive ketones (excluding diaryl/α,β-unsaturated/α-hetero) is 2. The number of nitrogens with one attached hydrogen (secondary N) is 4. The van der Waals surface area contributed by atoms with Gasteiger partial charge in [0.15, 0.2) is 5.78 Å². The van der Waals surface area contributed by atoms with E-state index in [0.717, 1.165) is 11.1 Å². The number of ether oxygens (including phenoxy) is 7. The summed E-state index contributed by atoms with van der Waals surface area (Å²) in [5, 5.41) is 24.2. The molecule has 0 saturated carbocycles. The molecule has 24 heteroatoms. The number of epoxide rings is 1. The van der Waals surface area contributed by atoms with Gasteiger partial charge in [-0.3, -0.25) is 34.3 Å². The first kappa shape index (κ1) is 67.5. The Bertz CT molecular complexity index is 2980. The van der Waals surface area contributed by atoms with Gasteiger partial charge in [-0.1, -0.05) is 74.5 Å². The largest absolute Gasteiger partial charge is 0.495 e. The molecule has 22 nitrogen and oxygen atoms in total. The molecule has 0 unspecified atom stereocenters. The number of primary amides is 1. The van der Waals surface area contributed by atoms with Crippen LogP contribution in [0.4, 0.5) is 21.0 Å². The molecule has 0 aliphatic carbocycles. The molecular weight excluding hydrogens is 1140 g/mol. The lowest BCUT2D eigenvalue weighted by molar-refractivity contribution is -0.187. The molecule has 3 aliphatic heterocycles. The number of amides is 5. The van der Waals surface area contributed by atoms with Crippen molar-refractivity contribution in [2.45, 2.75) is 141 Å². The molecule has 5 amide bonds. The molecule has 3 aromatic rings. The van der Waals surface area contributed by atoms with Crippen LogP contribution in [0.15, 0.2) is 66.3 Å². The number of hydrogen-bond donors (Lipinski definition) is 6. The van der Waals surface area contributed by atoms with E-state index in [1.165, 1.54) is 26.0 Å². The quantitative estimate of drug-likeness (QED) is 0.0220. The van der Waals surface area contributed by atoms with Gasteiger partial charge in [0, 0.05) is 75.1 Å². The Morgan fingerprint density at radius 2 is 1.75 bits per heavy atom. The van der Waals surface area contributed by atoms with Gasteiger partial charge in [0.1, 0.15) is 46.1 Å². The zero-order valence-corrected chi connectivity index (χ0v) is 51.5. The van der Waals surface area contributed by atoms with E-state index in [1.807, 2.05) is 33.8 Å². The van der Waals surface area contributed by atoms with E-state index in [0.29, 0.717) is 90.9 Å². The molecule has 4 heterocycles. The molecule has 85 heavy (non-hydrogen) atoms. The number of nitrogens with two attached hydrogens (primary N) is 1. The lowest BCUT2D eigenvalue weighted by Crippen LogP contribution is -2.53. The van der Waals surface area contributed by atoms with Gasteiger partial charge < -0.3 is 64.8 Å². The van der Waals surface area contributed by atoms with Crippen LogP contribution in [0, 0.1) is 17.8 Å². The monoisotopic (exact) mass is 1220 g/mol. The van der Waals surface area contributed by atoms with Crippen LogP contribution in [-0.2, 0) is 65.2 Å². The number of aromatic nitrogens is 1. The molecule has 2 aromatic carbocycles. The first-order chi connectivity index (χ1) is 40.3. The van der Waals surface area contributed by atoms with Crippen molar-refractivity contribution < 1.29 is 71.8 Å². The topological polar surface area (TPSA) is 298 Å². The van der Waals surface area contributed by atoms with Gasteiger partial charge in [-0.15, -0.1) is 0 Å². The van der Waals surface area contributed by atoms with Gasteiger partial charge in [-0.2, -0.15) is 0 Å². The molecular formula is C61H82ClN7O15S. The fraction of sp³-hybridized carbons (Fsp3) is 0.557. The lowest BCUT2D eigenvalue weighted by atomic mass is 9.78. The van der Waals surface area contributed by atoms with Gasteiger partial charge in [-0.25, -0.2) is 9.59 Å². The maximum atomic E-state index is 14.5. The van der Waals surface area contributed by atoms with Crippen LogP contribution in [-0.4, -0.2) is 159 Å². The number of methoxy groups -OCH3 is 2. The van der Waals surface area contributed by atoms with Gasteiger partial charge in [0.05, 0.1) is 81.1 Å². The molecule has 6 rings (SSSR count). The summed E-state index contributed by atoms with van der Waals surface area (Å²) in [5.74, 6) is -2.63. The number of fused-ring (bicyclic) bond motifs is 6. The van der Waals surface area contributed by atoms with Crippen molar-refractivity contribution in [3.8, 4) is 5.75 Å². The second kappa shape index (κ2) is 31.2. The summed E-state index contributed by atoms with van der Waals surface area (Å²) in [6.07, 6.45) is 1.56. The Morgan fingerprint density at radius 3 is 2.45 bits per heavy atom. The Kier molecular flexibility index (Phi) is 24.8. The third kappa shape index (κ3) is 19.2. The number of hydrogen-bond acceptors (Lipinski definition) is 17. The molecule has 3 aliphatic rings. The number of esters is 1. The Balaban J connectivity index is 1.15. The van der Waals surface area contributed by atoms with Crippen molar-refractivity contribution in [3.05, 3.63) is 82.5 Å². The zero-order valence-electron chi connectivity index (χ0n) is 49.9. The number of carbonyl (C=O) groups is 7. The first-order valence-corrected chi connectivity index (χ1v) is 29.4. The second-order valence-electron chi connectivity index (χ2n) is 22.6. The van der Waals surface area contributed by atoms with Crippen LogP contribution >= 0.6 is 23.8 Å². The fourth-order valence-corrected chi connectivity index (χ4v) is 11.2. The van der Waals surface area contributed by atoms with Crippen molar-refractivity contribution in [2.75, 3.05) is 71.0 Å². The number of urea groups is 1. The predicted octanol–water partition coefficient (Wildman–Crippen LogP) is 6.81. The minimum Gasteiger partial charge on any atom is -0.495 e. The number of thiocarbonyl (C=S) groups is 1. The molecule has 0 radical (unpaired) electrons. The number of pyridine rings is 1. The second-order valence-corrected chi connectivity index (χ2v) is 23.4. The number of nitrogens with zero attached hydrogens (tertiary/aromatic N) is 2. The maximum absolute atomic E-state index is 14.5. The van der Waals surface area contributed by atoms with Gasteiger partial charge in [0.2, 0.25) is 11.8 Å². The number of anilines is 2. The van der Waals surface area contributed by atoms with E-state index in [1.54, 1.807) is 68.6 Å². The Hall–Kier alpha value is -6.60. The van der Waals surface area contributed by atoms with E-state index >= 15 is 0 Å². The van der Waals surface area contributed by atoms with Crippen LogP contribution in [0.25, 0.3) is 10.9 Å². The lowest BCUT2D eigenvalue weighted by Gasteiger charge is -2.41. The molecule has 1 aromatic heterocycles. The molecule has 4 bridgehead atoms. The Labute approximate surface area is 506 Å². The van der Waals surface area contributed by atoms with E-state index in [-0.39, 0.29) is 73.5 Å². The number of carbonyl (C=O) groups excluding carboxylic acids is 7. The summed E-state index contributed by atoms with van der Waals surface area (Å²) in [5.41, 5.74) is 5.68. The smallest absolute Gasteiger partial charge is 0.412 e. The normalized spacial score (nSPS) is 24.2. The van der Waals surface area contributed by atoms with Crippen LogP contribution in [0.3, 0.4) is 0 Å². The van der Waals surface area contributed by atoms with Crippen LogP contribution in [0.1, 0.15) is 97.7 Å². The standard InChI is InChI=1S/C61H82ClN7O15S/c1-35(2)43(31-52(85)64-21-23-81-25-24-80-22-19-37(4)70)57(74)68-45(13-11-20-65-58(63)75)47(71)30-42-16-15-40-29-41(17-18-44(40)66-42)67-59(76)83-51-32-53(72)69(7)46-27-39(28-48(78-8)55(46)62)26-36(3)12-10-14-50(79-9)61(77)33-49(82-54(73)34-61)38(5)56-60(51,6)84-56/h10,12,14-18,27-29,35,38,43,45,49-51,56,77H,11,13,19-26,30-34H2,1-9H3,(H,64,85)(H,67,76)(H,68,74)(H3,63,65,75)/b14-10+,36-12+/t38-,43+,45+,49+,50-,51+,56+,60+,61-/m1/s1. The number of ketones is 2. The summed E-state index contributed by atoms with van der Waals surface area (Å²) in [6.45, 7) is 12.7. The van der Waals surface area contributed by atoms with Crippen LogP contribution in [0.2, 0.25) is 5.02 Å². The summed E-state index contributed by atoms with van der Waals surface area (Å²) >= 11 is 12.5. The van der Waals surface area contributed by atoms with E-state index in [9.17, 15) is 38.7 Å². The molecule has 9 atom stereocenters. The average molecular weight is 1220 g/mol. The number of aliphatic hydroxyl groups is 1. The number of rotatable bonds is 25.